The van der Waals surface area contributed by atoms with E-state index < -0.39 is 16.2 Å². The van der Waals surface area contributed by atoms with Crippen LogP contribution in [0.2, 0.25) is 0 Å². The minimum absolute atomic E-state index is 0.304. The molecule has 1 atom stereocenters. The number of sulfonamides is 1. The molecule has 0 aliphatic carbocycles. The molecule has 3 aromatic rings. The molecule has 1 aliphatic rings. The summed E-state index contributed by atoms with van der Waals surface area (Å²) in [5.41, 5.74) is 2.51. The molecule has 1 heterocycles. The number of hydrogen-bond acceptors (Lipinski definition) is 4. The third kappa shape index (κ3) is 3.86. The van der Waals surface area contributed by atoms with Crippen LogP contribution in [0.5, 0.6) is 5.75 Å². The summed E-state index contributed by atoms with van der Waals surface area (Å²) in [6.45, 7) is 2.79. The minimum Gasteiger partial charge on any atom is -0.493 e. The normalized spacial score (nSPS) is 17.9. The highest BCUT2D eigenvalue weighted by atomic mass is 32.2. The van der Waals surface area contributed by atoms with E-state index in [-0.39, 0.29) is 0 Å². The van der Waals surface area contributed by atoms with E-state index in [4.69, 9.17) is 4.74 Å². The van der Waals surface area contributed by atoms with Crippen LogP contribution in [0, 0.1) is 0 Å². The molecule has 1 aliphatic heterocycles. The molecule has 5 nitrogen and oxygen atoms in total. The van der Waals surface area contributed by atoms with Crippen LogP contribution in [0.15, 0.2) is 83.8 Å². The zero-order valence-electron chi connectivity index (χ0n) is 16.3. The predicted molar refractivity (Wildman–Crippen MR) is 114 cm³/mol. The van der Waals surface area contributed by atoms with Gasteiger partial charge in [0, 0.05) is 12.1 Å². The van der Waals surface area contributed by atoms with Crippen molar-refractivity contribution in [2.24, 2.45) is 0 Å². The van der Waals surface area contributed by atoms with E-state index in [2.05, 4.69) is 5.32 Å². The molecule has 1 N–H and O–H groups in total. The lowest BCUT2D eigenvalue weighted by Gasteiger charge is -2.38. The summed E-state index contributed by atoms with van der Waals surface area (Å²) in [6, 6.07) is 24.6. The van der Waals surface area contributed by atoms with E-state index in [0.29, 0.717) is 35.9 Å². The van der Waals surface area contributed by atoms with Gasteiger partial charge in [-0.1, -0.05) is 60.7 Å². The highest BCUT2D eigenvalue weighted by molar-refractivity contribution is 7.89. The first kappa shape index (κ1) is 19.5. The SMILES string of the molecule is CCOc1ccccc1C1Nc2ccccc2S(=O)(=O)N1CCc1ccccc1. The summed E-state index contributed by atoms with van der Waals surface area (Å²) >= 11 is 0. The van der Waals surface area contributed by atoms with Gasteiger partial charge in [-0.15, -0.1) is 0 Å². The first-order chi connectivity index (χ1) is 14.1. The van der Waals surface area contributed by atoms with Crippen molar-refractivity contribution in [2.75, 3.05) is 18.5 Å². The van der Waals surface area contributed by atoms with Crippen molar-refractivity contribution in [3.8, 4) is 5.75 Å². The molecule has 150 valence electrons. The van der Waals surface area contributed by atoms with Crippen LogP contribution in [0.25, 0.3) is 0 Å². The van der Waals surface area contributed by atoms with Crippen LogP contribution < -0.4 is 10.1 Å². The lowest BCUT2D eigenvalue weighted by molar-refractivity contribution is 0.309. The second kappa shape index (κ2) is 8.27. The topological polar surface area (TPSA) is 58.6 Å². The summed E-state index contributed by atoms with van der Waals surface area (Å²) < 4.78 is 34.4. The lowest BCUT2D eigenvalue weighted by atomic mass is 10.1. The molecule has 3 aromatic carbocycles. The van der Waals surface area contributed by atoms with E-state index in [1.165, 1.54) is 0 Å². The molecule has 0 amide bonds. The average molecular weight is 409 g/mol. The predicted octanol–water partition coefficient (Wildman–Crippen LogP) is 4.44. The number of anilines is 1. The molecule has 0 saturated heterocycles. The molecule has 1 unspecified atom stereocenters. The molecule has 4 rings (SSSR count). The minimum atomic E-state index is -3.67. The van der Waals surface area contributed by atoms with Gasteiger partial charge in [-0.3, -0.25) is 0 Å². The van der Waals surface area contributed by atoms with E-state index in [9.17, 15) is 8.42 Å². The number of benzene rings is 3. The quantitative estimate of drug-likeness (QED) is 0.655. The number of nitrogens with one attached hydrogen (secondary N) is 1. The van der Waals surface area contributed by atoms with Crippen LogP contribution >= 0.6 is 0 Å². The summed E-state index contributed by atoms with van der Waals surface area (Å²) in [4.78, 5) is 0.304. The lowest BCUT2D eigenvalue weighted by Crippen LogP contribution is -2.43. The van der Waals surface area contributed by atoms with Crippen LogP contribution in [0.1, 0.15) is 24.2 Å². The first-order valence-electron chi connectivity index (χ1n) is 9.74. The Morgan fingerprint density at radius 3 is 2.41 bits per heavy atom. The Bertz CT molecular complexity index is 1080. The fourth-order valence-corrected chi connectivity index (χ4v) is 5.34. The highest BCUT2D eigenvalue weighted by Crippen LogP contribution is 2.40. The Morgan fingerprint density at radius 2 is 1.62 bits per heavy atom. The van der Waals surface area contributed by atoms with Gasteiger partial charge >= 0.3 is 0 Å². The maximum atomic E-state index is 13.5. The summed E-state index contributed by atoms with van der Waals surface area (Å²) in [7, 11) is -3.67. The maximum absolute atomic E-state index is 13.5. The van der Waals surface area contributed by atoms with Gasteiger partial charge in [-0.2, -0.15) is 4.31 Å². The summed E-state index contributed by atoms with van der Waals surface area (Å²) in [5.74, 6) is 0.687. The Balaban J connectivity index is 1.77. The molecule has 0 saturated carbocycles. The van der Waals surface area contributed by atoms with Gasteiger partial charge in [0.05, 0.1) is 12.3 Å². The number of nitrogens with zero attached hydrogens (tertiary/aromatic N) is 1. The second-order valence-corrected chi connectivity index (χ2v) is 8.72. The van der Waals surface area contributed by atoms with Crippen molar-refractivity contribution in [2.45, 2.75) is 24.4 Å². The Labute approximate surface area is 172 Å². The Kier molecular flexibility index (Phi) is 5.56. The number of fused-ring (bicyclic) bond motifs is 1. The van der Waals surface area contributed by atoms with E-state index in [0.717, 1.165) is 11.1 Å². The second-order valence-electron chi connectivity index (χ2n) is 6.87. The van der Waals surface area contributed by atoms with Gasteiger partial charge in [0.2, 0.25) is 10.0 Å². The van der Waals surface area contributed by atoms with Gasteiger partial charge in [0.1, 0.15) is 16.8 Å². The molecule has 0 spiro atoms. The summed E-state index contributed by atoms with van der Waals surface area (Å²) in [6.07, 6.45) is 0.0818. The Hall–Kier alpha value is -2.83. The zero-order valence-corrected chi connectivity index (χ0v) is 17.1. The zero-order chi connectivity index (χ0) is 20.3. The molecule has 0 bridgehead atoms. The van der Waals surface area contributed by atoms with Gasteiger partial charge in [0.15, 0.2) is 0 Å². The van der Waals surface area contributed by atoms with Gasteiger partial charge in [0.25, 0.3) is 0 Å². The van der Waals surface area contributed by atoms with Gasteiger partial charge < -0.3 is 10.1 Å². The molecule has 6 heteroatoms. The van der Waals surface area contributed by atoms with Crippen molar-refractivity contribution in [1.82, 2.24) is 4.31 Å². The maximum Gasteiger partial charge on any atom is 0.247 e. The number of ether oxygens (including phenoxy) is 1. The van der Waals surface area contributed by atoms with Crippen molar-refractivity contribution < 1.29 is 13.2 Å². The van der Waals surface area contributed by atoms with E-state index >= 15 is 0 Å². The average Bonchev–Trinajstić information content (AvgIpc) is 2.74. The highest BCUT2D eigenvalue weighted by Gasteiger charge is 2.39. The molecular formula is C23H24N2O3S. The van der Waals surface area contributed by atoms with Crippen LogP contribution in [0.4, 0.5) is 5.69 Å². The first-order valence-corrected chi connectivity index (χ1v) is 11.2. The van der Waals surface area contributed by atoms with Crippen molar-refractivity contribution >= 4 is 15.7 Å². The largest absolute Gasteiger partial charge is 0.493 e. The number of para-hydroxylation sites is 2. The third-order valence-electron chi connectivity index (χ3n) is 5.03. The van der Waals surface area contributed by atoms with Crippen molar-refractivity contribution in [3.05, 3.63) is 90.0 Å². The van der Waals surface area contributed by atoms with Gasteiger partial charge in [-0.25, -0.2) is 8.42 Å². The fourth-order valence-electron chi connectivity index (χ4n) is 3.65. The number of rotatable bonds is 6. The number of hydrogen-bond donors (Lipinski definition) is 1. The van der Waals surface area contributed by atoms with Crippen molar-refractivity contribution in [3.63, 3.8) is 0 Å². The smallest absolute Gasteiger partial charge is 0.247 e. The summed E-state index contributed by atoms with van der Waals surface area (Å²) in [5, 5.41) is 3.42. The van der Waals surface area contributed by atoms with Crippen LogP contribution in [0.3, 0.4) is 0 Å². The van der Waals surface area contributed by atoms with E-state index in [1.807, 2.05) is 67.6 Å². The third-order valence-corrected chi connectivity index (χ3v) is 6.95. The Morgan fingerprint density at radius 1 is 0.931 bits per heavy atom. The molecule has 0 aromatic heterocycles. The van der Waals surface area contributed by atoms with E-state index in [1.54, 1.807) is 22.5 Å². The molecule has 0 fully saturated rings. The molecular weight excluding hydrogens is 384 g/mol. The molecule has 0 radical (unpaired) electrons. The van der Waals surface area contributed by atoms with Crippen LogP contribution in [-0.2, 0) is 16.4 Å². The monoisotopic (exact) mass is 408 g/mol. The fraction of sp³-hybridized carbons (Fsp3) is 0.217. The van der Waals surface area contributed by atoms with Crippen molar-refractivity contribution in [1.29, 1.82) is 0 Å². The molecule has 29 heavy (non-hydrogen) atoms. The standard InChI is InChI=1S/C23H24N2O3S/c1-2-28-21-14-8-6-12-19(21)23-24-20-13-7-9-15-22(20)29(26,27)25(23)17-16-18-10-4-3-5-11-18/h3-15,23-24H,2,16-17H2,1H3. The van der Waals surface area contributed by atoms with Gasteiger partial charge in [-0.05, 0) is 37.1 Å². The van der Waals surface area contributed by atoms with Crippen LogP contribution in [-0.4, -0.2) is 25.9 Å².